The summed E-state index contributed by atoms with van der Waals surface area (Å²) in [7, 11) is 1.37. The number of benzene rings is 2. The number of methoxy groups -OCH3 is 1. The Morgan fingerprint density at radius 3 is 2.11 bits per heavy atom. The predicted octanol–water partition coefficient (Wildman–Crippen LogP) is 2.81. The van der Waals surface area contributed by atoms with Crippen LogP contribution in [0.4, 0.5) is 0 Å². The molecule has 2 heterocycles. The monoisotopic (exact) mass is 512 g/mol. The van der Waals surface area contributed by atoms with Crippen molar-refractivity contribution in [1.29, 1.82) is 0 Å². The van der Waals surface area contributed by atoms with E-state index >= 15 is 0 Å². The molecule has 2 aliphatic heterocycles. The maximum absolute atomic E-state index is 13.1. The van der Waals surface area contributed by atoms with Crippen molar-refractivity contribution in [3.05, 3.63) is 41.0 Å². The van der Waals surface area contributed by atoms with Crippen molar-refractivity contribution in [2.45, 2.75) is 32.8 Å². The van der Waals surface area contributed by atoms with Crippen LogP contribution in [-0.2, 0) is 28.7 Å². The lowest BCUT2D eigenvalue weighted by Crippen LogP contribution is -2.36. The van der Waals surface area contributed by atoms with E-state index in [9.17, 15) is 19.2 Å². The lowest BCUT2D eigenvalue weighted by atomic mass is 9.66. The molecular formula is C26H24O11. The third-order valence-electron chi connectivity index (χ3n) is 6.53. The van der Waals surface area contributed by atoms with Gasteiger partial charge in [-0.25, -0.2) is 0 Å². The van der Waals surface area contributed by atoms with Crippen molar-refractivity contribution < 1.29 is 52.3 Å². The molecule has 0 radical (unpaired) electrons. The highest BCUT2D eigenvalue weighted by Gasteiger charge is 2.54. The van der Waals surface area contributed by atoms with E-state index in [1.165, 1.54) is 33.9 Å². The lowest BCUT2D eigenvalue weighted by Gasteiger charge is -2.38. The van der Waals surface area contributed by atoms with Crippen molar-refractivity contribution in [2.24, 2.45) is 11.8 Å². The minimum atomic E-state index is -0.759. The molecule has 2 aromatic carbocycles. The fourth-order valence-corrected chi connectivity index (χ4v) is 5.24. The van der Waals surface area contributed by atoms with Crippen LogP contribution in [-0.4, -0.2) is 44.4 Å². The molecule has 0 aromatic heterocycles. The molecule has 0 amide bonds. The van der Waals surface area contributed by atoms with E-state index in [4.69, 9.17) is 33.2 Å². The first-order valence-corrected chi connectivity index (χ1v) is 11.5. The standard InChI is InChI=1S/C26H24O11/c1-11(27)35-21-6-14(5-20(31-4)25(21)37-13(3)29)22-15-7-18-19(34-10-33-18)8-16(15)24(36-12(2)28)17-9-32-26(30)23(17)22/h5-8,17,22-24H,9-10H2,1-4H3/t17-,22-,23-,24+/m1/s1. The number of esters is 4. The number of cyclic esters (lactones) is 1. The zero-order chi connectivity index (χ0) is 26.4. The van der Waals surface area contributed by atoms with E-state index in [0.717, 1.165) is 0 Å². The number of carbonyl (C=O) groups excluding carboxylic acids is 4. The molecule has 1 saturated heterocycles. The molecule has 0 spiro atoms. The molecule has 0 unspecified atom stereocenters. The van der Waals surface area contributed by atoms with Gasteiger partial charge in [0.25, 0.3) is 0 Å². The van der Waals surface area contributed by atoms with Crippen molar-refractivity contribution >= 4 is 23.9 Å². The number of hydrogen-bond acceptors (Lipinski definition) is 11. The van der Waals surface area contributed by atoms with E-state index in [0.29, 0.717) is 28.2 Å². The van der Waals surface area contributed by atoms with Gasteiger partial charge in [-0.3, -0.25) is 19.2 Å². The average molecular weight is 512 g/mol. The Balaban J connectivity index is 1.74. The largest absolute Gasteiger partial charge is 0.493 e. The van der Waals surface area contributed by atoms with Gasteiger partial charge in [0, 0.05) is 38.2 Å². The molecule has 11 heteroatoms. The zero-order valence-corrected chi connectivity index (χ0v) is 20.5. The van der Waals surface area contributed by atoms with Gasteiger partial charge in [0.15, 0.2) is 23.0 Å². The molecule has 11 nitrogen and oxygen atoms in total. The van der Waals surface area contributed by atoms with Crippen LogP contribution in [0.25, 0.3) is 0 Å². The maximum atomic E-state index is 13.1. The van der Waals surface area contributed by atoms with Gasteiger partial charge in [0.05, 0.1) is 19.6 Å². The smallest absolute Gasteiger partial charge is 0.310 e. The fourth-order valence-electron chi connectivity index (χ4n) is 5.24. The fraction of sp³-hybridized carbons (Fsp3) is 0.385. The summed E-state index contributed by atoms with van der Waals surface area (Å²) in [4.78, 5) is 48.8. The third kappa shape index (κ3) is 4.30. The summed E-state index contributed by atoms with van der Waals surface area (Å²) in [6.45, 7) is 3.79. The van der Waals surface area contributed by atoms with E-state index < -0.39 is 47.7 Å². The molecule has 0 saturated carbocycles. The van der Waals surface area contributed by atoms with Gasteiger partial charge in [-0.1, -0.05) is 0 Å². The Labute approximate surface area is 211 Å². The Morgan fingerprint density at radius 2 is 1.49 bits per heavy atom. The van der Waals surface area contributed by atoms with Gasteiger partial charge < -0.3 is 33.2 Å². The number of rotatable bonds is 5. The molecule has 1 aliphatic carbocycles. The lowest BCUT2D eigenvalue weighted by molar-refractivity contribution is -0.152. The highest BCUT2D eigenvalue weighted by Crippen LogP contribution is 2.56. The van der Waals surface area contributed by atoms with Crippen LogP contribution in [0.1, 0.15) is 49.5 Å². The quantitative estimate of drug-likeness (QED) is 0.433. The van der Waals surface area contributed by atoms with Crippen LogP contribution in [0.2, 0.25) is 0 Å². The Bertz CT molecular complexity index is 1310. The van der Waals surface area contributed by atoms with Crippen LogP contribution in [0, 0.1) is 11.8 Å². The highest BCUT2D eigenvalue weighted by atomic mass is 16.7. The van der Waals surface area contributed by atoms with E-state index in [1.54, 1.807) is 18.2 Å². The summed E-state index contributed by atoms with van der Waals surface area (Å²) in [5.74, 6) is -3.17. The Morgan fingerprint density at radius 1 is 0.838 bits per heavy atom. The second-order valence-electron chi connectivity index (χ2n) is 8.90. The molecule has 5 rings (SSSR count). The summed E-state index contributed by atoms with van der Waals surface area (Å²) in [6.07, 6.45) is -0.759. The Hall–Kier alpha value is -4.28. The SMILES string of the molecule is COc1cc([C@@H]2c3cc4c(cc3[C@H](OC(C)=O)[C@@H]3COC(=O)[C@@H]23)OCO4)cc(OC(C)=O)c1OC(C)=O. The van der Waals surface area contributed by atoms with Crippen LogP contribution in [0.5, 0.6) is 28.7 Å². The summed E-state index contributed by atoms with van der Waals surface area (Å²) in [5, 5.41) is 0. The van der Waals surface area contributed by atoms with Gasteiger partial charge in [0.1, 0.15) is 6.10 Å². The summed E-state index contributed by atoms with van der Waals surface area (Å²) >= 11 is 0. The Kier molecular flexibility index (Phi) is 6.14. The molecular weight excluding hydrogens is 488 g/mol. The molecule has 194 valence electrons. The van der Waals surface area contributed by atoms with Crippen molar-refractivity contribution in [3.8, 4) is 28.7 Å². The first-order valence-electron chi connectivity index (χ1n) is 11.5. The van der Waals surface area contributed by atoms with Gasteiger partial charge in [-0.2, -0.15) is 0 Å². The zero-order valence-electron chi connectivity index (χ0n) is 20.5. The van der Waals surface area contributed by atoms with Crippen LogP contribution in [0.15, 0.2) is 24.3 Å². The molecule has 4 atom stereocenters. The summed E-state index contributed by atoms with van der Waals surface area (Å²) < 4.78 is 38.4. The summed E-state index contributed by atoms with van der Waals surface area (Å²) in [6, 6.07) is 6.63. The number of carbonyl (C=O) groups is 4. The first-order chi connectivity index (χ1) is 17.7. The number of fused-ring (bicyclic) bond motifs is 3. The highest BCUT2D eigenvalue weighted by molar-refractivity contribution is 5.80. The molecule has 1 fully saturated rings. The molecule has 37 heavy (non-hydrogen) atoms. The normalized spacial score (nSPS) is 22.9. The maximum Gasteiger partial charge on any atom is 0.310 e. The number of hydrogen-bond donors (Lipinski definition) is 0. The molecule has 0 bridgehead atoms. The van der Waals surface area contributed by atoms with Gasteiger partial charge in [-0.05, 0) is 35.4 Å². The topological polar surface area (TPSA) is 133 Å². The number of ether oxygens (including phenoxy) is 7. The second-order valence-corrected chi connectivity index (χ2v) is 8.90. The summed E-state index contributed by atoms with van der Waals surface area (Å²) in [5.41, 5.74) is 1.81. The van der Waals surface area contributed by atoms with Crippen LogP contribution >= 0.6 is 0 Å². The third-order valence-corrected chi connectivity index (χ3v) is 6.53. The van der Waals surface area contributed by atoms with Crippen molar-refractivity contribution in [1.82, 2.24) is 0 Å². The molecule has 2 aromatic rings. The van der Waals surface area contributed by atoms with Crippen molar-refractivity contribution in [3.63, 3.8) is 0 Å². The van der Waals surface area contributed by atoms with E-state index in [-0.39, 0.29) is 30.6 Å². The average Bonchev–Trinajstić information content (AvgIpc) is 3.44. The van der Waals surface area contributed by atoms with Crippen LogP contribution < -0.4 is 23.7 Å². The predicted molar refractivity (Wildman–Crippen MR) is 122 cm³/mol. The first kappa shape index (κ1) is 24.4. The van der Waals surface area contributed by atoms with Crippen molar-refractivity contribution in [2.75, 3.05) is 20.5 Å². The minimum Gasteiger partial charge on any atom is -0.493 e. The van der Waals surface area contributed by atoms with Crippen LogP contribution in [0.3, 0.4) is 0 Å². The van der Waals surface area contributed by atoms with Gasteiger partial charge in [-0.15, -0.1) is 0 Å². The minimum absolute atomic E-state index is 0.0253. The van der Waals surface area contributed by atoms with Gasteiger partial charge >= 0.3 is 23.9 Å². The van der Waals surface area contributed by atoms with E-state index in [1.807, 2.05) is 0 Å². The van der Waals surface area contributed by atoms with E-state index in [2.05, 4.69) is 0 Å². The van der Waals surface area contributed by atoms with Gasteiger partial charge in [0.2, 0.25) is 12.5 Å². The molecule has 0 N–H and O–H groups in total. The second kappa shape index (κ2) is 9.30. The molecule has 3 aliphatic rings.